The lowest BCUT2D eigenvalue weighted by Gasteiger charge is -2.35. The van der Waals surface area contributed by atoms with Gasteiger partial charge in [-0.2, -0.15) is 0 Å². The van der Waals surface area contributed by atoms with E-state index in [4.69, 9.17) is 26.4 Å². The molecule has 1 fully saturated rings. The fraction of sp³-hybridized carbons (Fsp3) is 0.370. The van der Waals surface area contributed by atoms with Crippen LogP contribution in [0.15, 0.2) is 59.8 Å². The molecule has 0 radical (unpaired) electrons. The van der Waals surface area contributed by atoms with E-state index in [1.54, 1.807) is 29.2 Å². The Morgan fingerprint density at radius 2 is 1.78 bits per heavy atom. The van der Waals surface area contributed by atoms with E-state index in [0.29, 0.717) is 46.5 Å². The van der Waals surface area contributed by atoms with E-state index in [2.05, 4.69) is 10.6 Å². The van der Waals surface area contributed by atoms with Gasteiger partial charge >= 0.3 is 0 Å². The Bertz CT molecular complexity index is 1170. The van der Waals surface area contributed by atoms with Gasteiger partial charge in [-0.3, -0.25) is 9.59 Å². The number of methoxy groups -OCH3 is 1. The van der Waals surface area contributed by atoms with Gasteiger partial charge in [-0.05, 0) is 50.7 Å². The first-order valence-corrected chi connectivity index (χ1v) is 12.3. The van der Waals surface area contributed by atoms with Gasteiger partial charge in [0.1, 0.15) is 0 Å². The molecule has 0 bridgehead atoms. The van der Waals surface area contributed by atoms with E-state index in [1.807, 2.05) is 45.0 Å². The van der Waals surface area contributed by atoms with Crippen molar-refractivity contribution in [3.8, 4) is 11.5 Å². The Kier molecular flexibility index (Phi) is 7.91. The number of carbonyl (C=O) groups excluding carboxylic acids is 2. The van der Waals surface area contributed by atoms with Crippen molar-refractivity contribution in [3.63, 3.8) is 0 Å². The second-order valence-corrected chi connectivity index (χ2v) is 9.43. The molecular weight excluding hydrogens is 478 g/mol. The number of morpholine rings is 1. The van der Waals surface area contributed by atoms with Crippen LogP contribution < -0.4 is 20.1 Å². The molecule has 2 aromatic carbocycles. The number of rotatable bonds is 7. The van der Waals surface area contributed by atoms with Crippen molar-refractivity contribution < 1.29 is 23.8 Å². The van der Waals surface area contributed by atoms with Crippen LogP contribution >= 0.6 is 12.2 Å². The van der Waals surface area contributed by atoms with Crippen molar-refractivity contribution in [3.05, 3.63) is 70.9 Å². The van der Waals surface area contributed by atoms with E-state index in [0.717, 1.165) is 5.56 Å². The van der Waals surface area contributed by atoms with Gasteiger partial charge in [-0.15, -0.1) is 0 Å². The van der Waals surface area contributed by atoms with Crippen molar-refractivity contribution in [1.82, 2.24) is 15.5 Å². The Labute approximate surface area is 216 Å². The number of hydrogen-bond acceptors (Lipinski definition) is 6. The average Bonchev–Trinajstić information content (AvgIpc) is 2.86. The second kappa shape index (κ2) is 11.1. The van der Waals surface area contributed by atoms with Crippen molar-refractivity contribution in [2.24, 2.45) is 0 Å². The molecular formula is C27H31N3O5S. The Morgan fingerprint density at radius 3 is 2.44 bits per heavy atom. The molecule has 2 N–H and O–H groups in total. The quantitative estimate of drug-likeness (QED) is 0.434. The molecule has 4 rings (SSSR count). The maximum absolute atomic E-state index is 13.4. The number of nitrogens with one attached hydrogen (secondary N) is 2. The van der Waals surface area contributed by atoms with Gasteiger partial charge in [0.15, 0.2) is 29.0 Å². The third-order valence-electron chi connectivity index (χ3n) is 6.19. The Morgan fingerprint density at radius 1 is 1.08 bits per heavy atom. The van der Waals surface area contributed by atoms with Crippen LogP contribution in [0, 0.1) is 0 Å². The molecule has 2 aliphatic heterocycles. The highest BCUT2D eigenvalue weighted by Gasteiger charge is 2.31. The fourth-order valence-corrected chi connectivity index (χ4v) is 4.86. The molecule has 1 amide bonds. The van der Waals surface area contributed by atoms with Gasteiger partial charge in [0.2, 0.25) is 0 Å². The van der Waals surface area contributed by atoms with Gasteiger partial charge in [0, 0.05) is 29.9 Å². The topological polar surface area (TPSA) is 89.1 Å². The molecule has 9 heteroatoms. The van der Waals surface area contributed by atoms with E-state index < -0.39 is 6.04 Å². The zero-order valence-electron chi connectivity index (χ0n) is 20.9. The standard InChI is InChI=1S/C27H31N3O5S/c1-16-13-30(14-17(2)35-16)23(31)15-34-21-11-10-20(12-22(21)33-4)25-24(18(3)28-27(36)29-25)26(32)19-8-6-5-7-9-19/h5-12,16-17,25H,13-15H2,1-4H3,(H2,28,29,36)/t16-,17+,25-/m1/s1. The van der Waals surface area contributed by atoms with Crippen molar-refractivity contribution >= 4 is 29.0 Å². The van der Waals surface area contributed by atoms with Gasteiger partial charge in [-0.25, -0.2) is 0 Å². The van der Waals surface area contributed by atoms with E-state index in [-0.39, 0.29) is 30.5 Å². The minimum Gasteiger partial charge on any atom is -0.493 e. The van der Waals surface area contributed by atoms with E-state index in [9.17, 15) is 9.59 Å². The van der Waals surface area contributed by atoms with Crippen molar-refractivity contribution in [2.75, 3.05) is 26.8 Å². The minimum absolute atomic E-state index is 0.0145. The van der Waals surface area contributed by atoms with Crippen LogP contribution in [0.2, 0.25) is 0 Å². The fourth-order valence-electron chi connectivity index (χ4n) is 4.59. The molecule has 0 aromatic heterocycles. The molecule has 2 heterocycles. The van der Waals surface area contributed by atoms with Gasteiger partial charge in [-0.1, -0.05) is 36.4 Å². The summed E-state index contributed by atoms with van der Waals surface area (Å²) in [7, 11) is 1.54. The summed E-state index contributed by atoms with van der Waals surface area (Å²) in [5.74, 6) is 0.693. The van der Waals surface area contributed by atoms with E-state index in [1.165, 1.54) is 7.11 Å². The smallest absolute Gasteiger partial charge is 0.260 e. The number of benzene rings is 2. The largest absolute Gasteiger partial charge is 0.493 e. The lowest BCUT2D eigenvalue weighted by atomic mass is 9.89. The summed E-state index contributed by atoms with van der Waals surface area (Å²) in [6.07, 6.45) is -0.0289. The summed E-state index contributed by atoms with van der Waals surface area (Å²) >= 11 is 5.38. The first-order valence-electron chi connectivity index (χ1n) is 11.9. The molecule has 0 aliphatic carbocycles. The minimum atomic E-state index is -0.479. The predicted molar refractivity (Wildman–Crippen MR) is 140 cm³/mol. The number of ketones is 1. The number of nitrogens with zero attached hydrogens (tertiary/aromatic N) is 1. The molecule has 8 nitrogen and oxygen atoms in total. The summed E-state index contributed by atoms with van der Waals surface area (Å²) < 4.78 is 17.1. The third-order valence-corrected chi connectivity index (χ3v) is 6.41. The predicted octanol–water partition coefficient (Wildman–Crippen LogP) is 3.39. The Balaban J connectivity index is 1.55. The van der Waals surface area contributed by atoms with Crippen LogP contribution in [0.3, 0.4) is 0 Å². The van der Waals surface area contributed by atoms with Crippen LogP contribution in [-0.4, -0.2) is 60.7 Å². The first-order chi connectivity index (χ1) is 17.3. The van der Waals surface area contributed by atoms with E-state index >= 15 is 0 Å². The maximum atomic E-state index is 13.4. The van der Waals surface area contributed by atoms with Gasteiger partial charge < -0.3 is 29.7 Å². The third kappa shape index (κ3) is 5.68. The SMILES string of the molecule is COc1cc([C@H]2NC(=S)NC(C)=C2C(=O)c2ccccc2)ccc1OCC(=O)N1C[C@@H](C)O[C@@H](C)C1. The lowest BCUT2D eigenvalue weighted by Crippen LogP contribution is -2.49. The highest BCUT2D eigenvalue weighted by atomic mass is 32.1. The van der Waals surface area contributed by atoms with Gasteiger partial charge in [0.05, 0.1) is 25.4 Å². The molecule has 2 aromatic rings. The number of ether oxygens (including phenoxy) is 3. The zero-order valence-corrected chi connectivity index (χ0v) is 21.7. The normalized spacial score (nSPS) is 21.9. The molecule has 2 aliphatic rings. The molecule has 190 valence electrons. The van der Waals surface area contributed by atoms with Crippen LogP contribution in [0.5, 0.6) is 11.5 Å². The van der Waals surface area contributed by atoms with Gasteiger partial charge in [0.25, 0.3) is 5.91 Å². The van der Waals surface area contributed by atoms with Crippen LogP contribution in [0.1, 0.15) is 42.7 Å². The summed E-state index contributed by atoms with van der Waals surface area (Å²) in [5.41, 5.74) is 2.63. The van der Waals surface area contributed by atoms with Crippen LogP contribution in [0.25, 0.3) is 0 Å². The van der Waals surface area contributed by atoms with Crippen molar-refractivity contribution in [1.29, 1.82) is 0 Å². The molecule has 0 spiro atoms. The van der Waals surface area contributed by atoms with Crippen molar-refractivity contribution in [2.45, 2.75) is 39.0 Å². The maximum Gasteiger partial charge on any atom is 0.260 e. The Hall–Kier alpha value is -3.43. The summed E-state index contributed by atoms with van der Waals surface area (Å²) in [6.45, 7) is 6.70. The monoisotopic (exact) mass is 509 g/mol. The lowest BCUT2D eigenvalue weighted by molar-refractivity contribution is -0.145. The number of allylic oxidation sites excluding steroid dienone is 1. The number of amides is 1. The first kappa shape index (κ1) is 25.7. The summed E-state index contributed by atoms with van der Waals surface area (Å²) in [6, 6.07) is 14.0. The zero-order chi connectivity index (χ0) is 25.8. The number of thiocarbonyl (C=S) groups is 1. The highest BCUT2D eigenvalue weighted by molar-refractivity contribution is 7.80. The highest BCUT2D eigenvalue weighted by Crippen LogP contribution is 2.35. The van der Waals surface area contributed by atoms with Crippen LogP contribution in [0.4, 0.5) is 0 Å². The molecule has 1 saturated heterocycles. The van der Waals surface area contributed by atoms with Crippen LogP contribution in [-0.2, 0) is 9.53 Å². The molecule has 36 heavy (non-hydrogen) atoms. The molecule has 0 unspecified atom stereocenters. The second-order valence-electron chi connectivity index (χ2n) is 9.02. The summed E-state index contributed by atoms with van der Waals surface area (Å²) in [5, 5.41) is 6.70. The number of carbonyl (C=O) groups is 2. The molecule has 3 atom stereocenters. The summed E-state index contributed by atoms with van der Waals surface area (Å²) in [4.78, 5) is 27.9. The number of hydrogen-bond donors (Lipinski definition) is 2. The number of Topliss-reactive ketones (excluding diaryl/α,β-unsaturated/α-hetero) is 1. The average molecular weight is 510 g/mol. The molecule has 0 saturated carbocycles.